The van der Waals surface area contributed by atoms with Gasteiger partial charge < -0.3 is 14.6 Å². The van der Waals surface area contributed by atoms with Crippen molar-refractivity contribution in [2.75, 3.05) is 13.2 Å². The van der Waals surface area contributed by atoms with Crippen LogP contribution in [0.5, 0.6) is 0 Å². The summed E-state index contributed by atoms with van der Waals surface area (Å²) < 4.78 is 1.95. The summed E-state index contributed by atoms with van der Waals surface area (Å²) in [5.74, 6) is 0.0344. The van der Waals surface area contributed by atoms with Gasteiger partial charge in [0.05, 0.1) is 5.69 Å². The predicted molar refractivity (Wildman–Crippen MR) is 81.5 cm³/mol. The van der Waals surface area contributed by atoms with Crippen LogP contribution in [0.2, 0.25) is 0 Å². The van der Waals surface area contributed by atoms with Crippen LogP contribution in [-0.4, -0.2) is 39.7 Å². The monoisotopic (exact) mass is 292 g/mol. The second-order valence-electron chi connectivity index (χ2n) is 4.89. The van der Waals surface area contributed by atoms with Crippen molar-refractivity contribution in [1.29, 1.82) is 0 Å². The molecule has 2 rings (SSSR count). The van der Waals surface area contributed by atoms with Crippen LogP contribution in [0.3, 0.4) is 0 Å². The first-order chi connectivity index (χ1) is 9.65. The SMILES string of the molecule is CC(C)N(CCCO)C(=O)c1sccc1-n1cccc1. The van der Waals surface area contributed by atoms with Crippen LogP contribution in [0.25, 0.3) is 5.69 Å². The molecule has 2 heterocycles. The van der Waals surface area contributed by atoms with E-state index < -0.39 is 0 Å². The minimum atomic E-state index is 0.0344. The predicted octanol–water partition coefficient (Wildman–Crippen LogP) is 2.77. The van der Waals surface area contributed by atoms with Crippen molar-refractivity contribution in [2.24, 2.45) is 0 Å². The van der Waals surface area contributed by atoms with Gasteiger partial charge in [0.15, 0.2) is 0 Å². The molecule has 0 atom stereocenters. The van der Waals surface area contributed by atoms with Crippen LogP contribution in [-0.2, 0) is 0 Å². The number of carbonyl (C=O) groups is 1. The molecule has 0 fully saturated rings. The van der Waals surface area contributed by atoms with Crippen LogP contribution in [0.15, 0.2) is 36.0 Å². The second-order valence-corrected chi connectivity index (χ2v) is 5.81. The zero-order valence-electron chi connectivity index (χ0n) is 11.8. The molecule has 0 saturated heterocycles. The van der Waals surface area contributed by atoms with E-state index in [0.717, 1.165) is 10.6 Å². The van der Waals surface area contributed by atoms with Gasteiger partial charge >= 0.3 is 0 Å². The highest BCUT2D eigenvalue weighted by Crippen LogP contribution is 2.24. The van der Waals surface area contributed by atoms with E-state index >= 15 is 0 Å². The molecule has 0 bridgehead atoms. The molecule has 5 heteroatoms. The van der Waals surface area contributed by atoms with E-state index in [0.29, 0.717) is 13.0 Å². The lowest BCUT2D eigenvalue weighted by Gasteiger charge is -2.26. The summed E-state index contributed by atoms with van der Waals surface area (Å²) in [6.07, 6.45) is 4.48. The lowest BCUT2D eigenvalue weighted by Crippen LogP contribution is -2.38. The molecule has 1 amide bonds. The van der Waals surface area contributed by atoms with Gasteiger partial charge in [0.1, 0.15) is 4.88 Å². The Morgan fingerprint density at radius 1 is 1.40 bits per heavy atom. The Balaban J connectivity index is 2.26. The molecule has 0 spiro atoms. The number of aromatic nitrogens is 1. The number of aliphatic hydroxyl groups excluding tert-OH is 1. The quantitative estimate of drug-likeness (QED) is 0.890. The van der Waals surface area contributed by atoms with E-state index in [1.165, 1.54) is 11.3 Å². The largest absolute Gasteiger partial charge is 0.396 e. The highest BCUT2D eigenvalue weighted by Gasteiger charge is 2.22. The minimum Gasteiger partial charge on any atom is -0.396 e. The summed E-state index contributed by atoms with van der Waals surface area (Å²) in [4.78, 5) is 15.3. The molecule has 2 aromatic heterocycles. The van der Waals surface area contributed by atoms with Gasteiger partial charge in [-0.05, 0) is 43.8 Å². The van der Waals surface area contributed by atoms with Crippen LogP contribution in [0, 0.1) is 0 Å². The van der Waals surface area contributed by atoms with Crippen LogP contribution >= 0.6 is 11.3 Å². The minimum absolute atomic E-state index is 0.0344. The van der Waals surface area contributed by atoms with Crippen LogP contribution in [0.1, 0.15) is 29.9 Å². The van der Waals surface area contributed by atoms with Crippen molar-refractivity contribution in [3.8, 4) is 5.69 Å². The first-order valence-corrected chi connectivity index (χ1v) is 7.65. The summed E-state index contributed by atoms with van der Waals surface area (Å²) in [5, 5.41) is 10.9. The third-order valence-corrected chi connectivity index (χ3v) is 4.05. The van der Waals surface area contributed by atoms with E-state index in [-0.39, 0.29) is 18.6 Å². The molecule has 4 nitrogen and oxygen atoms in total. The number of carbonyl (C=O) groups excluding carboxylic acids is 1. The lowest BCUT2D eigenvalue weighted by molar-refractivity contribution is 0.0698. The molecule has 0 aliphatic heterocycles. The molecule has 0 unspecified atom stereocenters. The van der Waals surface area contributed by atoms with Crippen molar-refractivity contribution in [3.63, 3.8) is 0 Å². The van der Waals surface area contributed by atoms with Crippen LogP contribution in [0.4, 0.5) is 0 Å². The number of nitrogens with zero attached hydrogens (tertiary/aromatic N) is 2. The summed E-state index contributed by atoms with van der Waals surface area (Å²) >= 11 is 1.46. The van der Waals surface area contributed by atoms with E-state index in [4.69, 9.17) is 5.11 Å². The summed E-state index contributed by atoms with van der Waals surface area (Å²) in [5.41, 5.74) is 0.916. The van der Waals surface area contributed by atoms with Gasteiger partial charge in [-0.1, -0.05) is 0 Å². The van der Waals surface area contributed by atoms with Gasteiger partial charge in [-0.25, -0.2) is 0 Å². The van der Waals surface area contributed by atoms with E-state index in [1.54, 1.807) is 0 Å². The van der Waals surface area contributed by atoms with Crippen molar-refractivity contribution in [1.82, 2.24) is 9.47 Å². The molecule has 0 radical (unpaired) electrons. The van der Waals surface area contributed by atoms with Crippen molar-refractivity contribution in [2.45, 2.75) is 26.3 Å². The number of hydrogen-bond donors (Lipinski definition) is 1. The molecular weight excluding hydrogens is 272 g/mol. The third kappa shape index (κ3) is 3.11. The Hall–Kier alpha value is -1.59. The fourth-order valence-corrected chi connectivity index (χ4v) is 2.97. The molecule has 108 valence electrons. The third-order valence-electron chi connectivity index (χ3n) is 3.16. The summed E-state index contributed by atoms with van der Waals surface area (Å²) in [6, 6.07) is 5.96. The van der Waals surface area contributed by atoms with Crippen molar-refractivity contribution in [3.05, 3.63) is 40.8 Å². The number of thiophene rings is 1. The zero-order valence-corrected chi connectivity index (χ0v) is 12.6. The Bertz CT molecular complexity index is 546. The topological polar surface area (TPSA) is 45.5 Å². The fraction of sp³-hybridized carbons (Fsp3) is 0.400. The Morgan fingerprint density at radius 2 is 2.10 bits per heavy atom. The zero-order chi connectivity index (χ0) is 14.5. The molecule has 0 aliphatic carbocycles. The van der Waals surface area contributed by atoms with E-state index in [1.807, 2.05) is 59.3 Å². The van der Waals surface area contributed by atoms with Crippen molar-refractivity contribution >= 4 is 17.2 Å². The molecule has 0 aliphatic rings. The second kappa shape index (κ2) is 6.72. The highest BCUT2D eigenvalue weighted by molar-refractivity contribution is 7.12. The average molecular weight is 292 g/mol. The standard InChI is InChI=1S/C15H20N2O2S/c1-12(2)17(9-5-10-18)15(19)14-13(6-11-20-14)16-7-3-4-8-16/h3-4,6-8,11-12,18H,5,9-10H2,1-2H3. The van der Waals surface area contributed by atoms with Gasteiger partial charge in [-0.3, -0.25) is 4.79 Å². The maximum absolute atomic E-state index is 12.7. The number of rotatable bonds is 6. The maximum atomic E-state index is 12.7. The lowest BCUT2D eigenvalue weighted by atomic mass is 10.2. The first kappa shape index (κ1) is 14.8. The molecule has 0 saturated carbocycles. The van der Waals surface area contributed by atoms with Gasteiger partial charge in [-0.2, -0.15) is 0 Å². The summed E-state index contributed by atoms with van der Waals surface area (Å²) in [7, 11) is 0. The van der Waals surface area contributed by atoms with Crippen LogP contribution < -0.4 is 0 Å². The Labute approximate surface area is 123 Å². The van der Waals surface area contributed by atoms with E-state index in [9.17, 15) is 4.79 Å². The van der Waals surface area contributed by atoms with E-state index in [2.05, 4.69) is 0 Å². The van der Waals surface area contributed by atoms with Crippen molar-refractivity contribution < 1.29 is 9.90 Å². The molecule has 2 aromatic rings. The maximum Gasteiger partial charge on any atom is 0.266 e. The number of amides is 1. The van der Waals surface area contributed by atoms with Gasteiger partial charge in [-0.15, -0.1) is 11.3 Å². The van der Waals surface area contributed by atoms with Gasteiger partial charge in [0, 0.05) is 31.6 Å². The highest BCUT2D eigenvalue weighted by atomic mass is 32.1. The Kier molecular flexibility index (Phi) is 4.98. The van der Waals surface area contributed by atoms with Gasteiger partial charge in [0.25, 0.3) is 5.91 Å². The first-order valence-electron chi connectivity index (χ1n) is 6.77. The number of hydrogen-bond acceptors (Lipinski definition) is 3. The smallest absolute Gasteiger partial charge is 0.266 e. The van der Waals surface area contributed by atoms with Gasteiger partial charge in [0.2, 0.25) is 0 Å². The molecule has 0 aromatic carbocycles. The average Bonchev–Trinajstić information content (AvgIpc) is 3.09. The number of aliphatic hydroxyl groups is 1. The fourth-order valence-electron chi connectivity index (χ4n) is 2.13. The summed E-state index contributed by atoms with van der Waals surface area (Å²) in [6.45, 7) is 4.68. The molecular formula is C15H20N2O2S. The Morgan fingerprint density at radius 3 is 2.70 bits per heavy atom. The molecule has 1 N–H and O–H groups in total. The normalized spacial score (nSPS) is 11.0. The molecule has 20 heavy (non-hydrogen) atoms.